The Morgan fingerprint density at radius 1 is 1.43 bits per heavy atom. The summed E-state index contributed by atoms with van der Waals surface area (Å²) < 4.78 is 23.0. The summed E-state index contributed by atoms with van der Waals surface area (Å²) in [5.41, 5.74) is 0. The van der Waals surface area contributed by atoms with E-state index in [2.05, 4.69) is 10.2 Å². The summed E-state index contributed by atoms with van der Waals surface area (Å²) in [5, 5.41) is 2.92. The van der Waals surface area contributed by atoms with E-state index < -0.39 is 9.84 Å². The lowest BCUT2D eigenvalue weighted by atomic mass is 10.1. The second kappa shape index (κ2) is 4.59. The highest BCUT2D eigenvalue weighted by molar-refractivity contribution is 7.92. The van der Waals surface area contributed by atoms with Crippen LogP contribution in [-0.2, 0) is 9.84 Å². The molecule has 1 N–H and O–H groups in total. The lowest BCUT2D eigenvalue weighted by Crippen LogP contribution is -2.56. The van der Waals surface area contributed by atoms with Gasteiger partial charge in [-0.2, -0.15) is 0 Å². The minimum Gasteiger partial charge on any atom is -0.314 e. The molecular weight excluding hydrogens is 200 g/mol. The van der Waals surface area contributed by atoms with E-state index in [1.54, 1.807) is 13.8 Å². The zero-order valence-corrected chi connectivity index (χ0v) is 9.97. The van der Waals surface area contributed by atoms with Crippen LogP contribution in [0.25, 0.3) is 0 Å². The average molecular weight is 220 g/mol. The van der Waals surface area contributed by atoms with Gasteiger partial charge in [-0.05, 0) is 20.9 Å². The van der Waals surface area contributed by atoms with Crippen LogP contribution in [-0.4, -0.2) is 57.0 Å². The topological polar surface area (TPSA) is 49.4 Å². The molecule has 5 heteroatoms. The number of sulfone groups is 1. The van der Waals surface area contributed by atoms with Crippen molar-refractivity contribution in [3.05, 3.63) is 0 Å². The molecule has 1 rings (SSSR count). The molecule has 0 spiro atoms. The monoisotopic (exact) mass is 220 g/mol. The van der Waals surface area contributed by atoms with Crippen molar-refractivity contribution in [1.82, 2.24) is 10.2 Å². The molecule has 0 unspecified atom stereocenters. The summed E-state index contributed by atoms with van der Waals surface area (Å²) in [7, 11) is -0.886. The number of nitrogens with zero attached hydrogens (tertiary/aromatic N) is 1. The molecule has 0 aromatic carbocycles. The Morgan fingerprint density at radius 3 is 2.36 bits per heavy atom. The lowest BCUT2D eigenvalue weighted by molar-refractivity contribution is 0.189. The summed E-state index contributed by atoms with van der Waals surface area (Å²) in [6.07, 6.45) is 0. The Kier molecular flexibility index (Phi) is 3.92. The lowest BCUT2D eigenvalue weighted by Gasteiger charge is -2.35. The Labute approximate surface area is 86.6 Å². The molecule has 0 bridgehead atoms. The molecule has 0 aromatic rings. The van der Waals surface area contributed by atoms with Crippen LogP contribution < -0.4 is 5.32 Å². The Bertz CT molecular complexity index is 271. The first-order valence-electron chi connectivity index (χ1n) is 5.06. The summed E-state index contributed by atoms with van der Waals surface area (Å²) in [6, 6.07) is 0.525. The summed E-state index contributed by atoms with van der Waals surface area (Å²) >= 11 is 0. The van der Waals surface area contributed by atoms with Gasteiger partial charge in [-0.15, -0.1) is 0 Å². The van der Waals surface area contributed by atoms with E-state index >= 15 is 0 Å². The molecule has 0 atom stereocenters. The molecule has 1 fully saturated rings. The summed E-state index contributed by atoms with van der Waals surface area (Å²) in [6.45, 7) is 6.09. The van der Waals surface area contributed by atoms with E-state index in [1.165, 1.54) is 0 Å². The van der Waals surface area contributed by atoms with Crippen molar-refractivity contribution < 1.29 is 8.42 Å². The molecule has 1 aliphatic rings. The van der Waals surface area contributed by atoms with Gasteiger partial charge in [0.2, 0.25) is 0 Å². The normalized spacial score (nSPS) is 18.9. The van der Waals surface area contributed by atoms with E-state index in [9.17, 15) is 8.42 Å². The van der Waals surface area contributed by atoms with Crippen LogP contribution >= 0.6 is 0 Å². The van der Waals surface area contributed by atoms with E-state index in [1.807, 2.05) is 7.05 Å². The summed E-state index contributed by atoms with van der Waals surface area (Å²) in [5.74, 6) is 0.275. The second-order valence-corrected chi connectivity index (χ2v) is 6.89. The molecule has 1 heterocycles. The smallest absolute Gasteiger partial charge is 0.153 e. The maximum absolute atomic E-state index is 11.5. The van der Waals surface area contributed by atoms with Crippen LogP contribution in [0.1, 0.15) is 13.8 Å². The largest absolute Gasteiger partial charge is 0.314 e. The highest BCUT2D eigenvalue weighted by Gasteiger charge is 2.23. The first-order valence-corrected chi connectivity index (χ1v) is 6.77. The SMILES string of the molecule is CC(C)S(=O)(=O)CCN(C)C1CNC1. The Hall–Kier alpha value is -0.130. The van der Waals surface area contributed by atoms with Crippen molar-refractivity contribution in [2.75, 3.05) is 32.4 Å². The predicted octanol–water partition coefficient (Wildman–Crippen LogP) is -0.287. The van der Waals surface area contributed by atoms with Crippen LogP contribution in [0.15, 0.2) is 0 Å². The van der Waals surface area contributed by atoms with Crippen molar-refractivity contribution >= 4 is 9.84 Å². The van der Waals surface area contributed by atoms with E-state index in [4.69, 9.17) is 0 Å². The van der Waals surface area contributed by atoms with Crippen LogP contribution in [0.5, 0.6) is 0 Å². The number of rotatable bonds is 5. The van der Waals surface area contributed by atoms with Crippen molar-refractivity contribution in [1.29, 1.82) is 0 Å². The van der Waals surface area contributed by atoms with Gasteiger partial charge in [0.15, 0.2) is 9.84 Å². The minimum atomic E-state index is -2.87. The fourth-order valence-corrected chi connectivity index (χ4v) is 2.29. The number of nitrogens with one attached hydrogen (secondary N) is 1. The van der Waals surface area contributed by atoms with Crippen molar-refractivity contribution in [3.8, 4) is 0 Å². The average Bonchev–Trinajstić information content (AvgIpc) is 1.97. The quantitative estimate of drug-likeness (QED) is 0.692. The fourth-order valence-electron chi connectivity index (χ4n) is 1.27. The van der Waals surface area contributed by atoms with Gasteiger partial charge in [-0.1, -0.05) is 0 Å². The number of hydrogen-bond acceptors (Lipinski definition) is 4. The van der Waals surface area contributed by atoms with Gasteiger partial charge < -0.3 is 5.32 Å². The highest BCUT2D eigenvalue weighted by Crippen LogP contribution is 2.05. The third kappa shape index (κ3) is 2.93. The first-order chi connectivity index (χ1) is 6.43. The van der Waals surface area contributed by atoms with Crippen LogP contribution in [0.4, 0.5) is 0 Å². The van der Waals surface area contributed by atoms with Gasteiger partial charge in [0, 0.05) is 25.7 Å². The standard InChI is InChI=1S/C9H20N2O2S/c1-8(2)14(12,13)5-4-11(3)9-6-10-7-9/h8-10H,4-7H2,1-3H3. The zero-order chi connectivity index (χ0) is 10.8. The Morgan fingerprint density at radius 2 is 2.00 bits per heavy atom. The predicted molar refractivity (Wildman–Crippen MR) is 58.2 cm³/mol. The van der Waals surface area contributed by atoms with Gasteiger partial charge in [0.05, 0.1) is 11.0 Å². The van der Waals surface area contributed by atoms with E-state index in [-0.39, 0.29) is 11.0 Å². The minimum absolute atomic E-state index is 0.254. The van der Waals surface area contributed by atoms with Gasteiger partial charge in [0.1, 0.15) is 0 Å². The highest BCUT2D eigenvalue weighted by atomic mass is 32.2. The first kappa shape index (κ1) is 11.9. The third-order valence-electron chi connectivity index (χ3n) is 2.83. The van der Waals surface area contributed by atoms with Gasteiger partial charge in [0.25, 0.3) is 0 Å². The Balaban J connectivity index is 2.32. The van der Waals surface area contributed by atoms with E-state index in [0.29, 0.717) is 12.6 Å². The molecule has 0 amide bonds. The maximum atomic E-state index is 11.5. The van der Waals surface area contributed by atoms with Crippen LogP contribution in [0.3, 0.4) is 0 Å². The molecule has 0 aromatic heterocycles. The van der Waals surface area contributed by atoms with Crippen molar-refractivity contribution in [2.45, 2.75) is 25.1 Å². The maximum Gasteiger partial charge on any atom is 0.153 e. The molecule has 1 saturated heterocycles. The van der Waals surface area contributed by atoms with Crippen molar-refractivity contribution in [2.24, 2.45) is 0 Å². The molecular formula is C9H20N2O2S. The van der Waals surface area contributed by atoms with Crippen molar-refractivity contribution in [3.63, 3.8) is 0 Å². The zero-order valence-electron chi connectivity index (χ0n) is 9.16. The van der Waals surface area contributed by atoms with Crippen LogP contribution in [0, 0.1) is 0 Å². The van der Waals surface area contributed by atoms with Gasteiger partial charge in [-0.25, -0.2) is 8.42 Å². The summed E-state index contributed by atoms with van der Waals surface area (Å²) in [4.78, 5) is 2.12. The van der Waals surface area contributed by atoms with Crippen LogP contribution in [0.2, 0.25) is 0 Å². The number of hydrogen-bond donors (Lipinski definition) is 1. The number of likely N-dealkylation sites (N-methyl/N-ethyl adjacent to an activating group) is 1. The molecule has 0 saturated carbocycles. The molecule has 14 heavy (non-hydrogen) atoms. The second-order valence-electron chi connectivity index (χ2n) is 4.21. The molecule has 4 nitrogen and oxygen atoms in total. The van der Waals surface area contributed by atoms with Gasteiger partial charge in [-0.3, -0.25) is 4.90 Å². The van der Waals surface area contributed by atoms with E-state index in [0.717, 1.165) is 13.1 Å². The molecule has 0 aliphatic carbocycles. The molecule has 1 aliphatic heterocycles. The third-order valence-corrected chi connectivity index (χ3v) is 5.02. The fraction of sp³-hybridized carbons (Fsp3) is 1.00. The molecule has 84 valence electrons. The molecule has 0 radical (unpaired) electrons. The van der Waals surface area contributed by atoms with Gasteiger partial charge >= 0.3 is 0 Å².